The number of hydrogen-bond donors (Lipinski definition) is 10. The quantitative estimate of drug-likeness (QED) is 0.263. The van der Waals surface area contributed by atoms with Gasteiger partial charge in [-0.05, 0) is 41.8 Å². The highest BCUT2D eigenvalue weighted by Gasteiger charge is 2.24. The first-order valence-electron chi connectivity index (χ1n) is 8.97. The molecule has 160 valence electrons. The first-order chi connectivity index (χ1) is 13.5. The first kappa shape index (κ1) is 23.0. The summed E-state index contributed by atoms with van der Waals surface area (Å²) in [5.74, 6) is -1.27. The lowest BCUT2D eigenvalue weighted by molar-refractivity contribution is 0.171. The zero-order chi connectivity index (χ0) is 22.0. The molecule has 0 amide bonds. The number of aromatic hydroxyl groups is 2. The van der Waals surface area contributed by atoms with E-state index in [2.05, 4.69) is 0 Å². The smallest absolute Gasteiger partial charge is 0.132 e. The molecule has 4 atom stereocenters. The van der Waals surface area contributed by atoms with Gasteiger partial charge >= 0.3 is 0 Å². The highest BCUT2D eigenvalue weighted by atomic mass is 16.3. The van der Waals surface area contributed by atoms with Crippen molar-refractivity contribution in [2.24, 2.45) is 22.9 Å². The van der Waals surface area contributed by atoms with E-state index in [0.717, 1.165) is 0 Å². The van der Waals surface area contributed by atoms with Crippen LogP contribution in [-0.2, 0) is 0 Å². The number of benzene rings is 2. The van der Waals surface area contributed by atoms with Gasteiger partial charge in [-0.3, -0.25) is 0 Å². The summed E-state index contributed by atoms with van der Waals surface area (Å²) < 4.78 is 0. The Kier molecular flexibility index (Phi) is 7.16. The largest absolute Gasteiger partial charge is 0.507 e. The van der Waals surface area contributed by atoms with Crippen LogP contribution >= 0.6 is 0 Å². The average molecular weight is 408 g/mol. The SMILES string of the molecule is CCC(c1cc(C(N)O)c(O)c(C(N)O)c1)c1cc(C(N)O)c(O)c(C(N)O)c1. The Bertz CT molecular complexity index is 742. The molecule has 0 aromatic heterocycles. The molecule has 0 bridgehead atoms. The van der Waals surface area contributed by atoms with E-state index in [1.807, 2.05) is 6.92 Å². The molecular weight excluding hydrogens is 380 g/mol. The normalized spacial score (nSPS) is 16.9. The number of phenolic OH excluding ortho intramolecular Hbond substituents is 2. The fourth-order valence-corrected chi connectivity index (χ4v) is 3.38. The van der Waals surface area contributed by atoms with Crippen molar-refractivity contribution in [3.8, 4) is 11.5 Å². The minimum atomic E-state index is -1.52. The minimum absolute atomic E-state index is 0.0302. The lowest BCUT2D eigenvalue weighted by atomic mass is 9.84. The third kappa shape index (κ3) is 4.66. The van der Waals surface area contributed by atoms with Gasteiger partial charge in [0.2, 0.25) is 0 Å². The maximum absolute atomic E-state index is 10.2. The van der Waals surface area contributed by atoms with Gasteiger partial charge < -0.3 is 53.6 Å². The van der Waals surface area contributed by atoms with E-state index >= 15 is 0 Å². The van der Waals surface area contributed by atoms with E-state index in [1.165, 1.54) is 24.3 Å². The molecular formula is C19H28N4O6. The third-order valence-electron chi connectivity index (χ3n) is 4.87. The number of nitrogens with two attached hydrogens (primary N) is 4. The van der Waals surface area contributed by atoms with Crippen LogP contribution in [0.5, 0.6) is 11.5 Å². The van der Waals surface area contributed by atoms with E-state index in [-0.39, 0.29) is 22.3 Å². The van der Waals surface area contributed by atoms with Crippen LogP contribution in [0.2, 0.25) is 0 Å². The van der Waals surface area contributed by atoms with Gasteiger partial charge in [0.15, 0.2) is 0 Å². The molecule has 0 saturated carbocycles. The Morgan fingerprint density at radius 2 is 0.862 bits per heavy atom. The molecule has 4 unspecified atom stereocenters. The summed E-state index contributed by atoms with van der Waals surface area (Å²) in [5, 5.41) is 59.6. The molecule has 0 heterocycles. The highest BCUT2D eigenvalue weighted by molar-refractivity contribution is 5.51. The number of phenols is 2. The summed E-state index contributed by atoms with van der Waals surface area (Å²) in [7, 11) is 0. The predicted molar refractivity (Wildman–Crippen MR) is 105 cm³/mol. The Hall–Kier alpha value is -2.28. The van der Waals surface area contributed by atoms with Gasteiger partial charge in [0.05, 0.1) is 0 Å². The van der Waals surface area contributed by atoms with Crippen LogP contribution in [-0.4, -0.2) is 30.6 Å². The van der Waals surface area contributed by atoms with E-state index < -0.39 is 42.3 Å². The molecule has 10 nitrogen and oxygen atoms in total. The van der Waals surface area contributed by atoms with E-state index in [9.17, 15) is 30.6 Å². The number of aliphatic hydroxyl groups is 4. The van der Waals surface area contributed by atoms with Gasteiger partial charge in [0.25, 0.3) is 0 Å². The number of hydrogen-bond acceptors (Lipinski definition) is 10. The molecule has 0 saturated heterocycles. The van der Waals surface area contributed by atoms with Crippen molar-refractivity contribution in [2.75, 3.05) is 0 Å². The van der Waals surface area contributed by atoms with Gasteiger partial charge in [0, 0.05) is 28.2 Å². The second-order valence-electron chi connectivity index (χ2n) is 6.84. The average Bonchev–Trinajstić information content (AvgIpc) is 2.63. The molecule has 0 aliphatic carbocycles. The van der Waals surface area contributed by atoms with E-state index in [4.69, 9.17) is 22.9 Å². The molecule has 0 aliphatic rings. The van der Waals surface area contributed by atoms with Gasteiger partial charge in [-0.15, -0.1) is 0 Å². The van der Waals surface area contributed by atoms with Gasteiger partial charge in [-0.1, -0.05) is 6.92 Å². The van der Waals surface area contributed by atoms with Crippen molar-refractivity contribution in [1.29, 1.82) is 0 Å². The van der Waals surface area contributed by atoms with Gasteiger partial charge in [-0.2, -0.15) is 0 Å². The third-order valence-corrected chi connectivity index (χ3v) is 4.87. The number of aliphatic hydroxyl groups excluding tert-OH is 4. The van der Waals surface area contributed by atoms with Crippen LogP contribution in [0.1, 0.15) is 77.6 Å². The second kappa shape index (κ2) is 9.03. The summed E-state index contributed by atoms with van der Waals surface area (Å²) in [6, 6.07) is 5.85. The van der Waals surface area contributed by atoms with Crippen molar-refractivity contribution in [1.82, 2.24) is 0 Å². The zero-order valence-electron chi connectivity index (χ0n) is 15.9. The fourth-order valence-electron chi connectivity index (χ4n) is 3.38. The van der Waals surface area contributed by atoms with Gasteiger partial charge in [-0.25, -0.2) is 0 Å². The lowest BCUT2D eigenvalue weighted by Gasteiger charge is -2.24. The molecule has 2 rings (SSSR count). The van der Waals surface area contributed by atoms with Crippen LogP contribution in [0.25, 0.3) is 0 Å². The molecule has 14 N–H and O–H groups in total. The molecule has 0 aliphatic heterocycles. The number of rotatable bonds is 7. The summed E-state index contributed by atoms with van der Waals surface area (Å²) >= 11 is 0. The van der Waals surface area contributed by atoms with Crippen molar-refractivity contribution in [2.45, 2.75) is 44.2 Å². The van der Waals surface area contributed by atoms with Crippen molar-refractivity contribution in [3.05, 3.63) is 57.6 Å². The summed E-state index contributed by atoms with van der Waals surface area (Å²) in [6.45, 7) is 1.85. The van der Waals surface area contributed by atoms with Gasteiger partial charge in [0.1, 0.15) is 36.4 Å². The van der Waals surface area contributed by atoms with Crippen LogP contribution in [0, 0.1) is 0 Å². The van der Waals surface area contributed by atoms with E-state index in [0.29, 0.717) is 17.5 Å². The molecule has 0 fully saturated rings. The molecule has 29 heavy (non-hydrogen) atoms. The second-order valence-corrected chi connectivity index (χ2v) is 6.84. The van der Waals surface area contributed by atoms with Crippen LogP contribution < -0.4 is 22.9 Å². The molecule has 10 heteroatoms. The van der Waals surface area contributed by atoms with Crippen molar-refractivity contribution >= 4 is 0 Å². The Morgan fingerprint density at radius 3 is 1.03 bits per heavy atom. The Labute approximate surface area is 167 Å². The standard InChI is InChI=1S/C19H28N4O6/c1-2-9(7-3-10(16(20)26)14(24)11(4-7)17(21)27)8-5-12(18(22)28)15(25)13(6-8)19(23)29/h3-6,9,16-19,24-29H,2,20-23H2,1H3. The topological polar surface area (TPSA) is 225 Å². The molecule has 2 aromatic carbocycles. The van der Waals surface area contributed by atoms with Crippen molar-refractivity contribution in [3.63, 3.8) is 0 Å². The Morgan fingerprint density at radius 1 is 0.621 bits per heavy atom. The monoisotopic (exact) mass is 408 g/mol. The van der Waals surface area contributed by atoms with Crippen LogP contribution in [0.15, 0.2) is 24.3 Å². The Balaban J connectivity index is 2.74. The van der Waals surface area contributed by atoms with Crippen molar-refractivity contribution < 1.29 is 30.6 Å². The molecule has 2 aromatic rings. The minimum Gasteiger partial charge on any atom is -0.507 e. The predicted octanol–water partition coefficient (Wildman–Crippen LogP) is -0.562. The maximum atomic E-state index is 10.2. The zero-order valence-corrected chi connectivity index (χ0v) is 15.9. The molecule has 0 spiro atoms. The highest BCUT2D eigenvalue weighted by Crippen LogP contribution is 2.39. The summed E-state index contributed by atoms with van der Waals surface area (Å²) in [6.07, 6.45) is -5.60. The molecule has 0 radical (unpaired) electrons. The summed E-state index contributed by atoms with van der Waals surface area (Å²) in [4.78, 5) is 0. The summed E-state index contributed by atoms with van der Waals surface area (Å²) in [5.41, 5.74) is 23.0. The fraction of sp³-hybridized carbons (Fsp3) is 0.368. The first-order valence-corrected chi connectivity index (χ1v) is 8.97. The lowest BCUT2D eigenvalue weighted by Crippen LogP contribution is -2.17. The maximum Gasteiger partial charge on any atom is 0.132 e. The van der Waals surface area contributed by atoms with E-state index in [1.54, 1.807) is 0 Å². The van der Waals surface area contributed by atoms with Crippen LogP contribution in [0.3, 0.4) is 0 Å². The van der Waals surface area contributed by atoms with Crippen LogP contribution in [0.4, 0.5) is 0 Å².